The quantitative estimate of drug-likeness (QED) is 0.670. The normalized spacial score (nSPS) is 21.7. The average Bonchev–Trinajstić information content (AvgIpc) is 3.30. The highest BCUT2D eigenvalue weighted by atomic mass is 32.2. The molecule has 2 N–H and O–H groups in total. The summed E-state index contributed by atoms with van der Waals surface area (Å²) in [5, 5.41) is 13.7. The summed E-state index contributed by atoms with van der Waals surface area (Å²) in [7, 11) is 0. The Hall–Kier alpha value is -2.32. The standard InChI is InChI=1S/C18H19N5OS2/c1-11-14(16(24)20-12-7-4-3-5-8-12)15(13-9-6-10-26-13)23-17(19-11)21-18(22-23)25-2/h3-11,14-15H,1-2H3,(H,20,24)(H,19,21,22)/t11-,14+,15-/m1/s1. The molecule has 3 aromatic rings. The van der Waals surface area contributed by atoms with Crippen LogP contribution in [0.5, 0.6) is 0 Å². The topological polar surface area (TPSA) is 71.8 Å². The summed E-state index contributed by atoms with van der Waals surface area (Å²) >= 11 is 3.13. The van der Waals surface area contributed by atoms with Crippen molar-refractivity contribution >= 4 is 40.6 Å². The van der Waals surface area contributed by atoms with Crippen LogP contribution in [0.15, 0.2) is 53.0 Å². The molecule has 0 bridgehead atoms. The van der Waals surface area contributed by atoms with E-state index in [0.29, 0.717) is 11.1 Å². The van der Waals surface area contributed by atoms with Gasteiger partial charge in [-0.25, -0.2) is 4.68 Å². The molecule has 0 radical (unpaired) electrons. The first kappa shape index (κ1) is 17.1. The highest BCUT2D eigenvalue weighted by molar-refractivity contribution is 7.98. The lowest BCUT2D eigenvalue weighted by molar-refractivity contribution is -0.121. The second-order valence-corrected chi connectivity index (χ2v) is 7.89. The average molecular weight is 386 g/mol. The number of thioether (sulfide) groups is 1. The smallest absolute Gasteiger partial charge is 0.232 e. The number of thiophene rings is 1. The number of fused-ring (bicyclic) bond motifs is 1. The van der Waals surface area contributed by atoms with Crippen LogP contribution in [0.1, 0.15) is 17.8 Å². The third kappa shape index (κ3) is 3.10. The van der Waals surface area contributed by atoms with Gasteiger partial charge in [-0.15, -0.1) is 16.4 Å². The minimum absolute atomic E-state index is 0.0264. The monoisotopic (exact) mass is 385 g/mol. The van der Waals surface area contributed by atoms with Gasteiger partial charge in [-0.2, -0.15) is 4.98 Å². The number of para-hydroxylation sites is 1. The van der Waals surface area contributed by atoms with Crippen LogP contribution in [0.25, 0.3) is 0 Å². The Morgan fingerprint density at radius 1 is 1.27 bits per heavy atom. The number of hydrogen-bond donors (Lipinski definition) is 2. The molecule has 3 atom stereocenters. The SMILES string of the molecule is CSc1nc2n(n1)[C@H](c1cccs1)[C@@H](C(=O)Nc1ccccc1)[C@@H](C)N2. The van der Waals surface area contributed by atoms with E-state index in [9.17, 15) is 4.79 Å². The maximum absolute atomic E-state index is 13.2. The maximum Gasteiger partial charge on any atom is 0.232 e. The van der Waals surface area contributed by atoms with Crippen LogP contribution >= 0.6 is 23.1 Å². The zero-order valence-electron chi connectivity index (χ0n) is 14.4. The highest BCUT2D eigenvalue weighted by Crippen LogP contribution is 2.39. The Morgan fingerprint density at radius 2 is 2.08 bits per heavy atom. The molecule has 0 unspecified atom stereocenters. The second kappa shape index (κ2) is 7.13. The largest absolute Gasteiger partial charge is 0.351 e. The van der Waals surface area contributed by atoms with Crippen molar-refractivity contribution in [2.75, 3.05) is 16.9 Å². The van der Waals surface area contributed by atoms with Gasteiger partial charge in [0, 0.05) is 16.6 Å². The number of anilines is 2. The third-order valence-electron chi connectivity index (χ3n) is 4.47. The summed E-state index contributed by atoms with van der Waals surface area (Å²) in [4.78, 5) is 18.8. The molecule has 134 valence electrons. The van der Waals surface area contributed by atoms with E-state index in [-0.39, 0.29) is 23.9 Å². The zero-order valence-corrected chi connectivity index (χ0v) is 16.1. The van der Waals surface area contributed by atoms with Gasteiger partial charge in [0.15, 0.2) is 0 Å². The van der Waals surface area contributed by atoms with E-state index in [1.165, 1.54) is 11.8 Å². The first-order valence-corrected chi connectivity index (χ1v) is 10.4. The predicted molar refractivity (Wildman–Crippen MR) is 106 cm³/mol. The molecule has 26 heavy (non-hydrogen) atoms. The Labute approximate surface area is 160 Å². The predicted octanol–water partition coefficient (Wildman–Crippen LogP) is 3.72. The number of amides is 1. The van der Waals surface area contributed by atoms with Crippen molar-refractivity contribution in [3.05, 3.63) is 52.7 Å². The molecule has 2 aromatic heterocycles. The zero-order chi connectivity index (χ0) is 18.1. The molecule has 6 nitrogen and oxygen atoms in total. The van der Waals surface area contributed by atoms with Gasteiger partial charge in [-0.1, -0.05) is 36.0 Å². The lowest BCUT2D eigenvalue weighted by Gasteiger charge is -2.36. The number of carbonyl (C=O) groups excluding carboxylic acids is 1. The summed E-state index contributed by atoms with van der Waals surface area (Å²) in [6.07, 6.45) is 1.95. The molecule has 0 spiro atoms. The van der Waals surface area contributed by atoms with Gasteiger partial charge in [-0.05, 0) is 36.8 Å². The molecular weight excluding hydrogens is 366 g/mol. The highest BCUT2D eigenvalue weighted by Gasteiger charge is 2.42. The number of hydrogen-bond acceptors (Lipinski definition) is 6. The van der Waals surface area contributed by atoms with Gasteiger partial charge in [-0.3, -0.25) is 4.79 Å². The molecule has 0 fully saturated rings. The van der Waals surface area contributed by atoms with Gasteiger partial charge in [0.25, 0.3) is 0 Å². The van der Waals surface area contributed by atoms with Crippen LogP contribution in [0, 0.1) is 5.92 Å². The van der Waals surface area contributed by atoms with Crippen LogP contribution in [-0.4, -0.2) is 33.0 Å². The van der Waals surface area contributed by atoms with Crippen molar-refractivity contribution in [2.45, 2.75) is 24.2 Å². The Bertz CT molecular complexity index is 894. The molecule has 0 aliphatic carbocycles. The fourth-order valence-electron chi connectivity index (χ4n) is 3.28. The molecule has 1 aromatic carbocycles. The van der Waals surface area contributed by atoms with Crippen LogP contribution in [0.2, 0.25) is 0 Å². The van der Waals surface area contributed by atoms with Crippen molar-refractivity contribution in [3.8, 4) is 0 Å². The minimum Gasteiger partial charge on any atom is -0.351 e. The third-order valence-corrected chi connectivity index (χ3v) is 5.95. The lowest BCUT2D eigenvalue weighted by atomic mass is 9.89. The fourth-order valence-corrected chi connectivity index (χ4v) is 4.48. The fraction of sp³-hybridized carbons (Fsp3) is 0.278. The molecule has 1 aliphatic heterocycles. The number of aromatic nitrogens is 3. The molecule has 0 saturated carbocycles. The van der Waals surface area contributed by atoms with E-state index >= 15 is 0 Å². The molecule has 3 heterocycles. The molecule has 1 aliphatic rings. The van der Waals surface area contributed by atoms with Gasteiger partial charge in [0.1, 0.15) is 6.04 Å². The van der Waals surface area contributed by atoms with Crippen LogP contribution in [0.4, 0.5) is 11.6 Å². The van der Waals surface area contributed by atoms with Gasteiger partial charge < -0.3 is 10.6 Å². The van der Waals surface area contributed by atoms with E-state index in [0.717, 1.165) is 10.6 Å². The Morgan fingerprint density at radius 3 is 2.77 bits per heavy atom. The molecule has 1 amide bonds. The molecule has 0 saturated heterocycles. The van der Waals surface area contributed by atoms with E-state index in [2.05, 4.69) is 26.8 Å². The Kier molecular flexibility index (Phi) is 4.69. The summed E-state index contributed by atoms with van der Waals surface area (Å²) in [6, 6.07) is 13.4. The first-order chi connectivity index (χ1) is 12.7. The van der Waals surface area contributed by atoms with Crippen molar-refractivity contribution in [2.24, 2.45) is 5.92 Å². The van der Waals surface area contributed by atoms with E-state index in [1.807, 2.05) is 59.6 Å². The molecule has 4 rings (SSSR count). The van der Waals surface area contributed by atoms with Crippen LogP contribution in [-0.2, 0) is 4.79 Å². The summed E-state index contributed by atoms with van der Waals surface area (Å²) in [6.45, 7) is 2.02. The number of nitrogens with one attached hydrogen (secondary N) is 2. The van der Waals surface area contributed by atoms with E-state index in [1.54, 1.807) is 11.3 Å². The van der Waals surface area contributed by atoms with Gasteiger partial charge in [0.2, 0.25) is 17.0 Å². The van der Waals surface area contributed by atoms with Crippen molar-refractivity contribution in [3.63, 3.8) is 0 Å². The number of benzene rings is 1. The maximum atomic E-state index is 13.2. The van der Waals surface area contributed by atoms with Crippen molar-refractivity contribution in [1.82, 2.24) is 14.8 Å². The van der Waals surface area contributed by atoms with E-state index < -0.39 is 0 Å². The molecular formula is C18H19N5OS2. The lowest BCUT2D eigenvalue weighted by Crippen LogP contribution is -2.46. The first-order valence-electron chi connectivity index (χ1n) is 8.34. The number of nitrogens with zero attached hydrogens (tertiary/aromatic N) is 3. The van der Waals surface area contributed by atoms with Crippen LogP contribution in [0.3, 0.4) is 0 Å². The van der Waals surface area contributed by atoms with E-state index in [4.69, 9.17) is 0 Å². The Balaban J connectivity index is 1.73. The summed E-state index contributed by atoms with van der Waals surface area (Å²) in [5.74, 6) is 0.378. The number of rotatable bonds is 4. The van der Waals surface area contributed by atoms with Crippen molar-refractivity contribution in [1.29, 1.82) is 0 Å². The van der Waals surface area contributed by atoms with Gasteiger partial charge >= 0.3 is 0 Å². The second-order valence-electron chi connectivity index (χ2n) is 6.14. The summed E-state index contributed by atoms with van der Waals surface area (Å²) in [5.41, 5.74) is 0.795. The summed E-state index contributed by atoms with van der Waals surface area (Å²) < 4.78 is 1.85. The van der Waals surface area contributed by atoms with Crippen LogP contribution < -0.4 is 10.6 Å². The van der Waals surface area contributed by atoms with Gasteiger partial charge in [0.05, 0.1) is 5.92 Å². The number of carbonyl (C=O) groups is 1. The molecule has 8 heteroatoms. The van der Waals surface area contributed by atoms with Crippen molar-refractivity contribution < 1.29 is 4.79 Å². The minimum atomic E-state index is -0.308.